The van der Waals surface area contributed by atoms with Gasteiger partial charge in [0.15, 0.2) is 0 Å². The second kappa shape index (κ2) is 7.63. The molecule has 0 saturated heterocycles. The predicted molar refractivity (Wildman–Crippen MR) is 97.0 cm³/mol. The number of hydrogen-bond donors (Lipinski definition) is 1. The Hall–Kier alpha value is -2.49. The molecular weight excluding hydrogens is 396 g/mol. The van der Waals surface area contributed by atoms with Crippen LogP contribution in [0.5, 0.6) is 0 Å². The van der Waals surface area contributed by atoms with Crippen LogP contribution in [-0.2, 0) is 21.4 Å². The minimum absolute atomic E-state index is 0.00932. The maximum atomic E-state index is 12.3. The number of benzene rings is 2. The number of esters is 1. The van der Waals surface area contributed by atoms with Crippen LogP contribution < -0.4 is 4.72 Å². The fourth-order valence-corrected chi connectivity index (χ4v) is 4.10. The Kier molecular flexibility index (Phi) is 5.45. The molecule has 0 amide bonds. The van der Waals surface area contributed by atoms with Crippen molar-refractivity contribution >= 4 is 33.3 Å². The van der Waals surface area contributed by atoms with Gasteiger partial charge in [-0.1, -0.05) is 11.6 Å². The number of nitrogens with one attached hydrogen (secondary N) is 1. The van der Waals surface area contributed by atoms with Crippen molar-refractivity contribution in [2.45, 2.75) is 30.4 Å². The van der Waals surface area contributed by atoms with Gasteiger partial charge in [-0.25, -0.2) is 17.9 Å². The maximum Gasteiger partial charge on any atom is 0.338 e. The first-order chi connectivity index (χ1) is 12.8. The van der Waals surface area contributed by atoms with E-state index < -0.39 is 20.9 Å². The van der Waals surface area contributed by atoms with Crippen molar-refractivity contribution in [3.05, 3.63) is 68.7 Å². The number of sulfonamides is 1. The van der Waals surface area contributed by atoms with Crippen LogP contribution in [0.25, 0.3) is 0 Å². The number of halogens is 1. The molecule has 1 aliphatic rings. The summed E-state index contributed by atoms with van der Waals surface area (Å²) in [5, 5.41) is 10.6. The SMILES string of the molecule is O=C(OCc1ccc([N+](=O)[O-])cc1)c1ccc(Cl)c(S(=O)(=O)NC2CC2)c1. The molecular formula is C17H15ClN2O6S. The zero-order valence-corrected chi connectivity index (χ0v) is 15.5. The van der Waals surface area contributed by atoms with E-state index in [2.05, 4.69) is 4.72 Å². The largest absolute Gasteiger partial charge is 0.457 e. The first-order valence-electron chi connectivity index (χ1n) is 7.98. The van der Waals surface area contributed by atoms with Crippen molar-refractivity contribution < 1.29 is 22.9 Å². The smallest absolute Gasteiger partial charge is 0.338 e. The van der Waals surface area contributed by atoms with Gasteiger partial charge in [0.25, 0.3) is 5.69 Å². The summed E-state index contributed by atoms with van der Waals surface area (Å²) in [7, 11) is -3.82. The number of non-ortho nitro benzene ring substituents is 1. The molecule has 142 valence electrons. The summed E-state index contributed by atoms with van der Waals surface area (Å²) in [6.07, 6.45) is 1.54. The van der Waals surface area contributed by atoms with Crippen LogP contribution in [0.3, 0.4) is 0 Å². The summed E-state index contributed by atoms with van der Waals surface area (Å²) in [6.45, 7) is -0.109. The molecule has 0 spiro atoms. The molecule has 1 N–H and O–H groups in total. The molecule has 1 saturated carbocycles. The van der Waals surface area contributed by atoms with Crippen LogP contribution in [-0.4, -0.2) is 25.4 Å². The van der Waals surface area contributed by atoms with E-state index in [1.165, 1.54) is 42.5 Å². The number of ether oxygens (including phenoxy) is 1. The average Bonchev–Trinajstić information content (AvgIpc) is 3.43. The zero-order chi connectivity index (χ0) is 19.6. The van der Waals surface area contributed by atoms with Crippen LogP contribution in [0.2, 0.25) is 5.02 Å². The number of nitrogens with zero attached hydrogens (tertiary/aromatic N) is 1. The predicted octanol–water partition coefficient (Wildman–Crippen LogP) is 3.05. The second-order valence-corrected chi connectivity index (χ2v) is 8.13. The summed E-state index contributed by atoms with van der Waals surface area (Å²) >= 11 is 5.98. The van der Waals surface area contributed by atoms with Gasteiger partial charge in [-0.3, -0.25) is 10.1 Å². The van der Waals surface area contributed by atoms with Gasteiger partial charge in [0.05, 0.1) is 15.5 Å². The summed E-state index contributed by atoms with van der Waals surface area (Å²) in [5.41, 5.74) is 0.532. The van der Waals surface area contributed by atoms with Crippen molar-refractivity contribution in [3.63, 3.8) is 0 Å². The third kappa shape index (κ3) is 4.82. The molecule has 10 heteroatoms. The molecule has 0 atom stereocenters. The first-order valence-corrected chi connectivity index (χ1v) is 9.85. The molecule has 8 nitrogen and oxygen atoms in total. The lowest BCUT2D eigenvalue weighted by atomic mass is 10.2. The molecule has 1 fully saturated rings. The monoisotopic (exact) mass is 410 g/mol. The number of rotatable bonds is 7. The molecule has 0 heterocycles. The van der Waals surface area contributed by atoms with E-state index in [1.807, 2.05) is 0 Å². The molecule has 27 heavy (non-hydrogen) atoms. The van der Waals surface area contributed by atoms with E-state index in [9.17, 15) is 23.3 Å². The lowest BCUT2D eigenvalue weighted by molar-refractivity contribution is -0.384. The fourth-order valence-electron chi connectivity index (χ4n) is 2.27. The van der Waals surface area contributed by atoms with Gasteiger partial charge in [-0.2, -0.15) is 0 Å². The normalized spacial score (nSPS) is 14.0. The van der Waals surface area contributed by atoms with E-state index in [0.717, 1.165) is 12.8 Å². The van der Waals surface area contributed by atoms with E-state index in [-0.39, 0.29) is 33.8 Å². The fraction of sp³-hybridized carbons (Fsp3) is 0.235. The van der Waals surface area contributed by atoms with Gasteiger partial charge in [-0.15, -0.1) is 0 Å². The van der Waals surface area contributed by atoms with Crippen molar-refractivity contribution in [2.24, 2.45) is 0 Å². The molecule has 0 aliphatic heterocycles. The summed E-state index contributed by atoms with van der Waals surface area (Å²) in [6, 6.07) is 9.34. The number of carbonyl (C=O) groups excluding carboxylic acids is 1. The van der Waals surface area contributed by atoms with Crippen LogP contribution >= 0.6 is 11.6 Å². The number of nitro groups is 1. The third-order valence-corrected chi connectivity index (χ3v) is 5.87. The van der Waals surface area contributed by atoms with Gasteiger partial charge in [0, 0.05) is 18.2 Å². The Labute approximate surface area is 160 Å². The van der Waals surface area contributed by atoms with Crippen molar-refractivity contribution in [2.75, 3.05) is 0 Å². The molecule has 3 rings (SSSR count). The lowest BCUT2D eigenvalue weighted by Crippen LogP contribution is -2.26. The van der Waals surface area contributed by atoms with Crippen LogP contribution in [0.1, 0.15) is 28.8 Å². The number of hydrogen-bond acceptors (Lipinski definition) is 6. The Morgan fingerprint density at radius 2 is 1.89 bits per heavy atom. The quantitative estimate of drug-likeness (QED) is 0.426. The first kappa shape index (κ1) is 19.3. The highest BCUT2D eigenvalue weighted by Gasteiger charge is 2.29. The van der Waals surface area contributed by atoms with Gasteiger partial charge in [-0.05, 0) is 48.7 Å². The lowest BCUT2D eigenvalue weighted by Gasteiger charge is -2.10. The molecule has 0 bridgehead atoms. The van der Waals surface area contributed by atoms with Gasteiger partial charge < -0.3 is 4.74 Å². The van der Waals surface area contributed by atoms with Gasteiger partial charge in [0.2, 0.25) is 10.0 Å². The summed E-state index contributed by atoms with van der Waals surface area (Å²) in [4.78, 5) is 22.2. The van der Waals surface area contributed by atoms with E-state index in [1.54, 1.807) is 0 Å². The van der Waals surface area contributed by atoms with Crippen LogP contribution in [0.15, 0.2) is 47.4 Å². The standard InChI is InChI=1S/C17H15ClN2O6S/c18-15-8-3-12(9-16(15)27(24,25)19-13-4-5-13)17(21)26-10-11-1-6-14(7-2-11)20(22)23/h1-3,6-9,13,19H,4-5,10H2. The highest BCUT2D eigenvalue weighted by molar-refractivity contribution is 7.89. The Bertz CT molecular complexity index is 987. The highest BCUT2D eigenvalue weighted by Crippen LogP contribution is 2.27. The topological polar surface area (TPSA) is 116 Å². The van der Waals surface area contributed by atoms with Gasteiger partial charge in [0.1, 0.15) is 11.5 Å². The minimum Gasteiger partial charge on any atom is -0.457 e. The second-order valence-electron chi connectivity index (χ2n) is 6.04. The molecule has 2 aromatic carbocycles. The van der Waals surface area contributed by atoms with Crippen LogP contribution in [0.4, 0.5) is 5.69 Å². The molecule has 0 aromatic heterocycles. The Morgan fingerprint density at radius 3 is 2.48 bits per heavy atom. The minimum atomic E-state index is -3.82. The summed E-state index contributed by atoms with van der Waals surface area (Å²) in [5.74, 6) is -0.729. The molecule has 1 aliphatic carbocycles. The Morgan fingerprint density at radius 1 is 1.22 bits per heavy atom. The van der Waals surface area contributed by atoms with Crippen molar-refractivity contribution in [1.29, 1.82) is 0 Å². The van der Waals surface area contributed by atoms with Crippen LogP contribution in [0, 0.1) is 10.1 Å². The van der Waals surface area contributed by atoms with Crippen molar-refractivity contribution in [1.82, 2.24) is 4.72 Å². The molecule has 0 radical (unpaired) electrons. The zero-order valence-electron chi connectivity index (χ0n) is 13.9. The number of nitro benzene ring substituents is 1. The van der Waals surface area contributed by atoms with Gasteiger partial charge >= 0.3 is 5.97 Å². The third-order valence-electron chi connectivity index (χ3n) is 3.87. The molecule has 0 unspecified atom stereocenters. The number of carbonyl (C=O) groups is 1. The molecule has 2 aromatic rings. The highest BCUT2D eigenvalue weighted by atomic mass is 35.5. The average molecular weight is 411 g/mol. The maximum absolute atomic E-state index is 12.3. The Balaban J connectivity index is 1.71. The van der Waals surface area contributed by atoms with E-state index >= 15 is 0 Å². The van der Waals surface area contributed by atoms with E-state index in [4.69, 9.17) is 16.3 Å². The van der Waals surface area contributed by atoms with Crippen molar-refractivity contribution in [3.8, 4) is 0 Å². The summed E-state index contributed by atoms with van der Waals surface area (Å²) < 4.78 is 32.3. The van der Waals surface area contributed by atoms with E-state index in [0.29, 0.717) is 5.56 Å².